The molecule has 21 heavy (non-hydrogen) atoms. The van der Waals surface area contributed by atoms with Gasteiger partial charge in [0.25, 0.3) is 0 Å². The predicted molar refractivity (Wildman–Crippen MR) is 87.6 cm³/mol. The molecule has 1 saturated heterocycles. The van der Waals surface area contributed by atoms with Gasteiger partial charge in [-0.05, 0) is 24.0 Å². The highest BCUT2D eigenvalue weighted by Gasteiger charge is 2.21. The molecule has 0 radical (unpaired) electrons. The molecule has 3 nitrogen and oxygen atoms in total. The zero-order chi connectivity index (χ0) is 15.2. The van der Waals surface area contributed by atoms with Crippen LogP contribution in [0.4, 0.5) is 0 Å². The maximum absolute atomic E-state index is 12.3. The Morgan fingerprint density at radius 2 is 1.86 bits per heavy atom. The molecule has 1 heterocycles. The summed E-state index contributed by atoms with van der Waals surface area (Å²) in [4.78, 5) is 16.7. The van der Waals surface area contributed by atoms with Gasteiger partial charge in [0.2, 0.25) is 5.91 Å². The Hall–Kier alpha value is -1.06. The molecule has 0 spiro atoms. The van der Waals surface area contributed by atoms with Gasteiger partial charge in [0.05, 0.1) is 0 Å². The van der Waals surface area contributed by atoms with E-state index in [2.05, 4.69) is 18.7 Å². The van der Waals surface area contributed by atoms with Crippen LogP contribution in [0.1, 0.15) is 25.8 Å². The second-order valence-corrected chi connectivity index (χ2v) is 6.57. The Balaban J connectivity index is 1.76. The minimum Gasteiger partial charge on any atom is -0.340 e. The Kier molecular flexibility index (Phi) is 6.07. The number of piperazine rings is 1. The first-order chi connectivity index (χ1) is 10.1. The molecule has 2 rings (SSSR count). The normalized spacial score (nSPS) is 16.5. The minimum absolute atomic E-state index is 0.249. The van der Waals surface area contributed by atoms with Crippen LogP contribution in [0.2, 0.25) is 5.02 Å². The molecule has 1 aromatic rings. The maximum Gasteiger partial charge on any atom is 0.222 e. The van der Waals surface area contributed by atoms with Gasteiger partial charge in [0.1, 0.15) is 0 Å². The van der Waals surface area contributed by atoms with Crippen molar-refractivity contribution in [1.29, 1.82) is 0 Å². The smallest absolute Gasteiger partial charge is 0.222 e. The number of nitrogens with zero attached hydrogens (tertiary/aromatic N) is 2. The van der Waals surface area contributed by atoms with Crippen molar-refractivity contribution in [2.75, 3.05) is 32.7 Å². The van der Waals surface area contributed by atoms with Crippen molar-refractivity contribution in [1.82, 2.24) is 9.80 Å². The van der Waals surface area contributed by atoms with E-state index in [9.17, 15) is 4.79 Å². The molecular formula is C17H25ClN2O. The Labute approximate surface area is 132 Å². The van der Waals surface area contributed by atoms with Gasteiger partial charge in [0.15, 0.2) is 0 Å². The van der Waals surface area contributed by atoms with Crippen LogP contribution in [0.25, 0.3) is 0 Å². The fourth-order valence-electron chi connectivity index (χ4n) is 2.80. The Bertz CT molecular complexity index is 468. The van der Waals surface area contributed by atoms with Gasteiger partial charge < -0.3 is 4.90 Å². The van der Waals surface area contributed by atoms with Gasteiger partial charge in [-0.2, -0.15) is 0 Å². The van der Waals surface area contributed by atoms with Crippen LogP contribution < -0.4 is 0 Å². The van der Waals surface area contributed by atoms with Crippen molar-refractivity contribution in [3.8, 4) is 0 Å². The van der Waals surface area contributed by atoms with Crippen LogP contribution in [-0.4, -0.2) is 48.4 Å². The second-order valence-electron chi connectivity index (χ2n) is 6.17. The van der Waals surface area contributed by atoms with Gasteiger partial charge in [-0.15, -0.1) is 0 Å². The fourth-order valence-corrected chi connectivity index (χ4v) is 3.03. The number of aryl methyl sites for hydroxylation is 1. The third-order valence-electron chi connectivity index (χ3n) is 3.91. The average Bonchev–Trinajstić information content (AvgIpc) is 2.46. The molecular weight excluding hydrogens is 284 g/mol. The van der Waals surface area contributed by atoms with E-state index in [1.54, 1.807) is 0 Å². The molecule has 0 saturated carbocycles. The van der Waals surface area contributed by atoms with E-state index in [1.807, 2.05) is 29.2 Å². The molecule has 0 bridgehead atoms. The quantitative estimate of drug-likeness (QED) is 0.834. The molecule has 1 aliphatic rings. The summed E-state index contributed by atoms with van der Waals surface area (Å²) in [5, 5.41) is 0.757. The molecule has 4 heteroatoms. The molecule has 0 atom stereocenters. The highest BCUT2D eigenvalue weighted by molar-refractivity contribution is 6.31. The third-order valence-corrected chi connectivity index (χ3v) is 4.28. The molecule has 1 aliphatic heterocycles. The predicted octanol–water partition coefficient (Wildman–Crippen LogP) is 3.07. The van der Waals surface area contributed by atoms with E-state index in [4.69, 9.17) is 11.6 Å². The van der Waals surface area contributed by atoms with Gasteiger partial charge in [-0.3, -0.25) is 9.69 Å². The number of hydrogen-bond acceptors (Lipinski definition) is 2. The van der Waals surface area contributed by atoms with Crippen molar-refractivity contribution in [2.24, 2.45) is 5.92 Å². The molecule has 0 N–H and O–H groups in total. The van der Waals surface area contributed by atoms with Gasteiger partial charge >= 0.3 is 0 Å². The lowest BCUT2D eigenvalue weighted by Crippen LogP contribution is -2.49. The third kappa shape index (κ3) is 5.01. The molecule has 0 unspecified atom stereocenters. The highest BCUT2D eigenvalue weighted by Crippen LogP contribution is 2.17. The zero-order valence-electron chi connectivity index (χ0n) is 13.0. The first kappa shape index (κ1) is 16.3. The molecule has 0 aliphatic carbocycles. The van der Waals surface area contributed by atoms with Gasteiger partial charge in [-0.1, -0.05) is 43.6 Å². The average molecular weight is 309 g/mol. The maximum atomic E-state index is 12.3. The van der Waals surface area contributed by atoms with E-state index >= 15 is 0 Å². The summed E-state index contributed by atoms with van der Waals surface area (Å²) in [5.74, 6) is 0.937. The van der Waals surface area contributed by atoms with Crippen LogP contribution in [0.3, 0.4) is 0 Å². The molecule has 0 aromatic heterocycles. The number of carbonyl (C=O) groups is 1. The van der Waals surface area contributed by atoms with E-state index in [0.717, 1.165) is 49.7 Å². The Morgan fingerprint density at radius 3 is 2.48 bits per heavy atom. The summed E-state index contributed by atoms with van der Waals surface area (Å²) in [6.07, 6.45) is 1.28. The van der Waals surface area contributed by atoms with Crippen molar-refractivity contribution in [3.05, 3.63) is 34.9 Å². The summed E-state index contributed by atoms with van der Waals surface area (Å²) in [6, 6.07) is 7.76. The van der Waals surface area contributed by atoms with E-state index in [1.165, 1.54) is 0 Å². The van der Waals surface area contributed by atoms with Gasteiger partial charge in [0, 0.05) is 44.2 Å². The van der Waals surface area contributed by atoms with Crippen LogP contribution in [0, 0.1) is 5.92 Å². The zero-order valence-corrected chi connectivity index (χ0v) is 13.8. The SMILES string of the molecule is CC(C)CN1CCN(C(=O)CCc2ccccc2Cl)CC1. The van der Waals surface area contributed by atoms with Crippen molar-refractivity contribution in [3.63, 3.8) is 0 Å². The Morgan fingerprint density at radius 1 is 1.19 bits per heavy atom. The van der Waals surface area contributed by atoms with Crippen molar-refractivity contribution >= 4 is 17.5 Å². The molecule has 1 amide bonds. The first-order valence-electron chi connectivity index (χ1n) is 7.80. The lowest BCUT2D eigenvalue weighted by atomic mass is 10.1. The summed E-state index contributed by atoms with van der Waals surface area (Å²) in [6.45, 7) is 9.30. The largest absolute Gasteiger partial charge is 0.340 e. The van der Waals surface area contributed by atoms with Gasteiger partial charge in [-0.25, -0.2) is 0 Å². The number of halogens is 1. The standard InChI is InChI=1S/C17H25ClN2O/c1-14(2)13-19-9-11-20(12-10-19)17(21)8-7-15-5-3-4-6-16(15)18/h3-6,14H,7-13H2,1-2H3. The van der Waals surface area contributed by atoms with E-state index < -0.39 is 0 Å². The monoisotopic (exact) mass is 308 g/mol. The van der Waals surface area contributed by atoms with Crippen LogP contribution in [0.5, 0.6) is 0 Å². The minimum atomic E-state index is 0.249. The number of hydrogen-bond donors (Lipinski definition) is 0. The lowest BCUT2D eigenvalue weighted by Gasteiger charge is -2.35. The second kappa shape index (κ2) is 7.81. The fraction of sp³-hybridized carbons (Fsp3) is 0.588. The van der Waals surface area contributed by atoms with Crippen LogP contribution in [0.15, 0.2) is 24.3 Å². The molecule has 116 valence electrons. The van der Waals surface area contributed by atoms with Crippen molar-refractivity contribution < 1.29 is 4.79 Å². The van der Waals surface area contributed by atoms with Crippen LogP contribution >= 0.6 is 11.6 Å². The summed E-state index contributed by atoms with van der Waals surface area (Å²) in [5.41, 5.74) is 1.06. The summed E-state index contributed by atoms with van der Waals surface area (Å²) >= 11 is 6.13. The molecule has 1 fully saturated rings. The topological polar surface area (TPSA) is 23.6 Å². The summed E-state index contributed by atoms with van der Waals surface area (Å²) in [7, 11) is 0. The number of benzene rings is 1. The van der Waals surface area contributed by atoms with Crippen molar-refractivity contribution in [2.45, 2.75) is 26.7 Å². The highest BCUT2D eigenvalue weighted by atomic mass is 35.5. The number of rotatable bonds is 5. The first-order valence-corrected chi connectivity index (χ1v) is 8.17. The molecule has 1 aromatic carbocycles. The number of amides is 1. The number of carbonyl (C=O) groups excluding carboxylic acids is 1. The lowest BCUT2D eigenvalue weighted by molar-refractivity contribution is -0.132. The van der Waals surface area contributed by atoms with E-state index in [0.29, 0.717) is 12.3 Å². The summed E-state index contributed by atoms with van der Waals surface area (Å²) < 4.78 is 0. The van der Waals surface area contributed by atoms with Crippen LogP contribution in [-0.2, 0) is 11.2 Å². The van der Waals surface area contributed by atoms with E-state index in [-0.39, 0.29) is 5.91 Å².